The fraction of sp³-hybridized carbons (Fsp3) is 0.214. The van der Waals surface area contributed by atoms with E-state index in [2.05, 4.69) is 4.98 Å². The standard InChI is InChI=1S/C14H15FN2O/c1-9-3-6-12(15)7-13(9)18-14-11(8-16)5-4-10(2)17-14/h3-7H,8,16H2,1-2H3. The molecule has 94 valence electrons. The largest absolute Gasteiger partial charge is 0.438 e. The van der Waals surface area contributed by atoms with Gasteiger partial charge in [0.15, 0.2) is 0 Å². The summed E-state index contributed by atoms with van der Waals surface area (Å²) < 4.78 is 18.8. The highest BCUT2D eigenvalue weighted by Gasteiger charge is 2.08. The number of ether oxygens (including phenoxy) is 1. The van der Waals surface area contributed by atoms with E-state index in [-0.39, 0.29) is 5.82 Å². The third-order valence-electron chi connectivity index (χ3n) is 2.66. The van der Waals surface area contributed by atoms with Crippen molar-refractivity contribution in [1.29, 1.82) is 0 Å². The van der Waals surface area contributed by atoms with Crippen LogP contribution in [0.4, 0.5) is 4.39 Å². The monoisotopic (exact) mass is 246 g/mol. The van der Waals surface area contributed by atoms with Crippen LogP contribution in [0.3, 0.4) is 0 Å². The summed E-state index contributed by atoms with van der Waals surface area (Å²) in [5, 5.41) is 0. The molecule has 0 radical (unpaired) electrons. The summed E-state index contributed by atoms with van der Waals surface area (Å²) in [5.74, 6) is 0.562. The lowest BCUT2D eigenvalue weighted by atomic mass is 10.2. The number of halogens is 1. The van der Waals surface area contributed by atoms with Gasteiger partial charge in [-0.05, 0) is 31.5 Å². The van der Waals surface area contributed by atoms with E-state index in [1.165, 1.54) is 12.1 Å². The lowest BCUT2D eigenvalue weighted by Crippen LogP contribution is -2.02. The maximum absolute atomic E-state index is 13.2. The molecule has 2 rings (SSSR count). The van der Waals surface area contributed by atoms with E-state index >= 15 is 0 Å². The highest BCUT2D eigenvalue weighted by Crippen LogP contribution is 2.27. The second-order valence-corrected chi connectivity index (χ2v) is 4.13. The number of pyridine rings is 1. The average molecular weight is 246 g/mol. The van der Waals surface area contributed by atoms with Gasteiger partial charge in [-0.1, -0.05) is 12.1 Å². The first-order valence-electron chi connectivity index (χ1n) is 5.70. The summed E-state index contributed by atoms with van der Waals surface area (Å²) in [6.07, 6.45) is 0. The molecule has 0 bridgehead atoms. The molecule has 0 aliphatic heterocycles. The van der Waals surface area contributed by atoms with Gasteiger partial charge < -0.3 is 10.5 Å². The van der Waals surface area contributed by atoms with Gasteiger partial charge >= 0.3 is 0 Å². The van der Waals surface area contributed by atoms with Crippen molar-refractivity contribution >= 4 is 0 Å². The maximum atomic E-state index is 13.2. The zero-order valence-electron chi connectivity index (χ0n) is 10.4. The first kappa shape index (κ1) is 12.5. The Morgan fingerprint density at radius 2 is 2.00 bits per heavy atom. The number of hydrogen-bond donors (Lipinski definition) is 1. The van der Waals surface area contributed by atoms with Crippen LogP contribution in [-0.4, -0.2) is 4.98 Å². The van der Waals surface area contributed by atoms with Crippen LogP contribution in [0.5, 0.6) is 11.6 Å². The van der Waals surface area contributed by atoms with Crippen molar-refractivity contribution in [3.8, 4) is 11.6 Å². The van der Waals surface area contributed by atoms with Crippen molar-refractivity contribution < 1.29 is 9.13 Å². The molecule has 1 heterocycles. The molecule has 2 N–H and O–H groups in total. The number of aromatic nitrogens is 1. The molecule has 0 amide bonds. The van der Waals surface area contributed by atoms with Gasteiger partial charge in [0.05, 0.1) is 0 Å². The van der Waals surface area contributed by atoms with Crippen LogP contribution in [0.2, 0.25) is 0 Å². The van der Waals surface area contributed by atoms with Crippen LogP contribution in [0.1, 0.15) is 16.8 Å². The molecule has 0 spiro atoms. The third-order valence-corrected chi connectivity index (χ3v) is 2.66. The van der Waals surface area contributed by atoms with Gasteiger partial charge in [0.25, 0.3) is 0 Å². The number of nitrogens with two attached hydrogens (primary N) is 1. The van der Waals surface area contributed by atoms with E-state index in [0.717, 1.165) is 16.8 Å². The molecule has 1 aromatic carbocycles. The molecule has 0 unspecified atom stereocenters. The SMILES string of the molecule is Cc1ccc(CN)c(Oc2cc(F)ccc2C)n1. The van der Waals surface area contributed by atoms with Gasteiger partial charge in [0.2, 0.25) is 5.88 Å². The van der Waals surface area contributed by atoms with Crippen LogP contribution >= 0.6 is 0 Å². The Labute approximate surface area is 105 Å². The molecule has 1 aromatic heterocycles. The highest BCUT2D eigenvalue weighted by molar-refractivity contribution is 5.38. The second kappa shape index (κ2) is 5.14. The van der Waals surface area contributed by atoms with Crippen molar-refractivity contribution in [3.63, 3.8) is 0 Å². The first-order chi connectivity index (χ1) is 8.60. The summed E-state index contributed by atoms with van der Waals surface area (Å²) in [7, 11) is 0. The smallest absolute Gasteiger partial charge is 0.223 e. The van der Waals surface area contributed by atoms with E-state index < -0.39 is 0 Å². The number of nitrogens with zero attached hydrogens (tertiary/aromatic N) is 1. The number of hydrogen-bond acceptors (Lipinski definition) is 3. The maximum Gasteiger partial charge on any atom is 0.223 e. The Morgan fingerprint density at radius 1 is 1.22 bits per heavy atom. The minimum atomic E-state index is -0.336. The predicted molar refractivity (Wildman–Crippen MR) is 68.1 cm³/mol. The Balaban J connectivity index is 2.38. The molecule has 18 heavy (non-hydrogen) atoms. The fourth-order valence-electron chi connectivity index (χ4n) is 1.59. The number of aryl methyl sites for hydroxylation is 2. The molecule has 0 saturated carbocycles. The fourth-order valence-corrected chi connectivity index (χ4v) is 1.59. The van der Waals surface area contributed by atoms with E-state index in [9.17, 15) is 4.39 Å². The van der Waals surface area contributed by atoms with Crippen LogP contribution in [0.15, 0.2) is 30.3 Å². The molecule has 0 aliphatic carbocycles. The summed E-state index contributed by atoms with van der Waals surface area (Å²) in [5.41, 5.74) is 8.10. The van der Waals surface area contributed by atoms with Crippen LogP contribution < -0.4 is 10.5 Å². The van der Waals surface area contributed by atoms with Crippen molar-refractivity contribution in [3.05, 3.63) is 53.0 Å². The van der Waals surface area contributed by atoms with E-state index in [1.54, 1.807) is 6.07 Å². The Morgan fingerprint density at radius 3 is 2.72 bits per heavy atom. The zero-order chi connectivity index (χ0) is 13.1. The molecule has 3 nitrogen and oxygen atoms in total. The molecule has 0 aliphatic rings. The van der Waals surface area contributed by atoms with Gasteiger partial charge in [-0.15, -0.1) is 0 Å². The number of benzene rings is 1. The lowest BCUT2D eigenvalue weighted by molar-refractivity contribution is 0.447. The minimum Gasteiger partial charge on any atom is -0.438 e. The third kappa shape index (κ3) is 2.65. The zero-order valence-corrected chi connectivity index (χ0v) is 10.4. The highest BCUT2D eigenvalue weighted by atomic mass is 19.1. The first-order valence-corrected chi connectivity index (χ1v) is 5.70. The van der Waals surface area contributed by atoms with Gasteiger partial charge in [-0.25, -0.2) is 9.37 Å². The Hall–Kier alpha value is -1.94. The van der Waals surface area contributed by atoms with Crippen molar-refractivity contribution in [1.82, 2.24) is 4.98 Å². The normalized spacial score (nSPS) is 10.4. The Bertz CT molecular complexity index is 570. The molecule has 4 heteroatoms. The van der Waals surface area contributed by atoms with Crippen LogP contribution in [0, 0.1) is 19.7 Å². The summed E-state index contributed by atoms with van der Waals surface area (Å²) in [6, 6.07) is 8.15. The van der Waals surface area contributed by atoms with Gasteiger partial charge in [0.1, 0.15) is 11.6 Å². The molecule has 0 saturated heterocycles. The summed E-state index contributed by atoms with van der Waals surface area (Å²) >= 11 is 0. The predicted octanol–water partition coefficient (Wildman–Crippen LogP) is 3.09. The van der Waals surface area contributed by atoms with Gasteiger partial charge in [-0.3, -0.25) is 0 Å². The van der Waals surface area contributed by atoms with E-state index in [0.29, 0.717) is 18.2 Å². The second-order valence-electron chi connectivity index (χ2n) is 4.13. The number of rotatable bonds is 3. The summed E-state index contributed by atoms with van der Waals surface area (Å²) in [6.45, 7) is 4.05. The summed E-state index contributed by atoms with van der Waals surface area (Å²) in [4.78, 5) is 4.29. The topological polar surface area (TPSA) is 48.1 Å². The average Bonchev–Trinajstić information content (AvgIpc) is 2.34. The molecule has 0 fully saturated rings. The Kier molecular flexibility index (Phi) is 3.58. The lowest BCUT2D eigenvalue weighted by Gasteiger charge is -2.11. The van der Waals surface area contributed by atoms with Gasteiger partial charge in [-0.2, -0.15) is 0 Å². The molecule has 0 atom stereocenters. The molecular formula is C14H15FN2O. The molecular weight excluding hydrogens is 231 g/mol. The minimum absolute atomic E-state index is 0.330. The van der Waals surface area contributed by atoms with Crippen LogP contribution in [0.25, 0.3) is 0 Å². The van der Waals surface area contributed by atoms with Gasteiger partial charge in [0, 0.05) is 23.9 Å². The van der Waals surface area contributed by atoms with E-state index in [4.69, 9.17) is 10.5 Å². The quantitative estimate of drug-likeness (QED) is 0.905. The molecule has 2 aromatic rings. The van der Waals surface area contributed by atoms with E-state index in [1.807, 2.05) is 26.0 Å². The van der Waals surface area contributed by atoms with Crippen LogP contribution in [-0.2, 0) is 6.54 Å². The van der Waals surface area contributed by atoms with Crippen molar-refractivity contribution in [2.75, 3.05) is 0 Å². The van der Waals surface area contributed by atoms with Crippen molar-refractivity contribution in [2.45, 2.75) is 20.4 Å². The van der Waals surface area contributed by atoms with Crippen molar-refractivity contribution in [2.24, 2.45) is 5.73 Å².